The van der Waals surface area contributed by atoms with Gasteiger partial charge in [0.2, 0.25) is 0 Å². The minimum absolute atomic E-state index is 0.0749. The molecule has 1 heterocycles. The highest BCUT2D eigenvalue weighted by Crippen LogP contribution is 2.26. The Labute approximate surface area is 159 Å². The third-order valence-electron chi connectivity index (χ3n) is 4.16. The second-order valence-corrected chi connectivity index (χ2v) is 7.05. The van der Waals surface area contributed by atoms with Gasteiger partial charge in [-0.05, 0) is 24.8 Å². The Kier molecular flexibility index (Phi) is 7.21. The molecule has 0 aliphatic carbocycles. The summed E-state index contributed by atoms with van der Waals surface area (Å²) in [5.74, 6) is -3.64. The molecular formula is C20H27NO6. The minimum Gasteiger partial charge on any atom is -0.450 e. The van der Waals surface area contributed by atoms with Gasteiger partial charge in [-0.1, -0.05) is 43.7 Å². The number of cyclic esters (lactones) is 2. The van der Waals surface area contributed by atoms with Crippen molar-refractivity contribution in [3.05, 3.63) is 35.9 Å². The van der Waals surface area contributed by atoms with Crippen molar-refractivity contribution in [2.45, 2.75) is 58.3 Å². The van der Waals surface area contributed by atoms with Crippen LogP contribution in [0.4, 0.5) is 4.79 Å². The zero-order valence-corrected chi connectivity index (χ0v) is 16.0. The minimum atomic E-state index is -1.27. The summed E-state index contributed by atoms with van der Waals surface area (Å²) in [6.45, 7) is 5.33. The second kappa shape index (κ2) is 9.39. The fourth-order valence-corrected chi connectivity index (χ4v) is 2.83. The highest BCUT2D eigenvalue weighted by Gasteiger charge is 2.44. The molecule has 1 aliphatic rings. The van der Waals surface area contributed by atoms with E-state index in [-0.39, 0.29) is 6.42 Å². The van der Waals surface area contributed by atoms with E-state index in [2.05, 4.69) is 5.32 Å². The standard InChI is InChI=1S/C20H27NO6/c1-4-5-11-25-19(24)21-15(12-14-9-7-6-8-10-14)13-16-17(22)26-20(2,3)27-18(16)23/h6-10,15-16H,4-5,11-13H2,1-3H3,(H,21,24). The van der Waals surface area contributed by atoms with Gasteiger partial charge in [0.25, 0.3) is 5.79 Å². The first kappa shape index (κ1) is 20.7. The van der Waals surface area contributed by atoms with E-state index in [9.17, 15) is 14.4 Å². The molecule has 0 aromatic heterocycles. The lowest BCUT2D eigenvalue weighted by molar-refractivity contribution is -0.240. The van der Waals surface area contributed by atoms with E-state index in [1.54, 1.807) is 0 Å². The molecule has 1 aliphatic heterocycles. The first-order chi connectivity index (χ1) is 12.8. The number of rotatable bonds is 8. The molecule has 1 saturated heterocycles. The maximum Gasteiger partial charge on any atom is 0.407 e. The van der Waals surface area contributed by atoms with Gasteiger partial charge in [0.1, 0.15) is 0 Å². The van der Waals surface area contributed by atoms with Crippen molar-refractivity contribution in [2.75, 3.05) is 6.61 Å². The summed E-state index contributed by atoms with van der Waals surface area (Å²) >= 11 is 0. The molecule has 27 heavy (non-hydrogen) atoms. The number of nitrogens with one attached hydrogen (secondary N) is 1. The number of carbonyl (C=O) groups excluding carboxylic acids is 3. The van der Waals surface area contributed by atoms with Crippen molar-refractivity contribution < 1.29 is 28.6 Å². The largest absolute Gasteiger partial charge is 0.450 e. The molecule has 1 atom stereocenters. The number of carbonyl (C=O) groups is 3. The van der Waals surface area contributed by atoms with Crippen molar-refractivity contribution in [1.29, 1.82) is 0 Å². The summed E-state index contributed by atoms with van der Waals surface area (Å²) in [4.78, 5) is 36.5. The molecule has 1 unspecified atom stereocenters. The van der Waals surface area contributed by atoms with Crippen LogP contribution in [-0.4, -0.2) is 36.5 Å². The van der Waals surface area contributed by atoms with Crippen LogP contribution in [0.1, 0.15) is 45.6 Å². The zero-order chi connectivity index (χ0) is 19.9. The van der Waals surface area contributed by atoms with Gasteiger partial charge in [-0.25, -0.2) is 4.79 Å². The van der Waals surface area contributed by atoms with Crippen molar-refractivity contribution in [1.82, 2.24) is 5.32 Å². The average Bonchev–Trinajstić information content (AvgIpc) is 2.58. The SMILES string of the molecule is CCCCOC(=O)NC(Cc1ccccc1)CC1C(=O)OC(C)(C)OC1=O. The third kappa shape index (κ3) is 6.58. The number of esters is 2. The van der Waals surface area contributed by atoms with Crippen molar-refractivity contribution in [2.24, 2.45) is 5.92 Å². The summed E-state index contributed by atoms with van der Waals surface area (Å²) in [6.07, 6.45) is 1.64. The van der Waals surface area contributed by atoms with E-state index in [1.165, 1.54) is 13.8 Å². The highest BCUT2D eigenvalue weighted by atomic mass is 16.7. The lowest BCUT2D eigenvalue weighted by atomic mass is 9.94. The van der Waals surface area contributed by atoms with Crippen molar-refractivity contribution in [3.63, 3.8) is 0 Å². The van der Waals surface area contributed by atoms with Gasteiger partial charge in [0.15, 0.2) is 5.92 Å². The van der Waals surface area contributed by atoms with Gasteiger partial charge in [0.05, 0.1) is 6.61 Å². The molecule has 0 saturated carbocycles. The van der Waals surface area contributed by atoms with E-state index < -0.39 is 35.8 Å². The summed E-state index contributed by atoms with van der Waals surface area (Å²) in [5, 5.41) is 2.76. The Bertz CT molecular complexity index is 638. The number of benzene rings is 1. The molecule has 7 nitrogen and oxygen atoms in total. The highest BCUT2D eigenvalue weighted by molar-refractivity contribution is 5.96. The van der Waals surface area contributed by atoms with Crippen LogP contribution in [0.2, 0.25) is 0 Å². The number of amides is 1. The van der Waals surface area contributed by atoms with Gasteiger partial charge >= 0.3 is 18.0 Å². The third-order valence-corrected chi connectivity index (χ3v) is 4.16. The molecule has 7 heteroatoms. The van der Waals surface area contributed by atoms with Gasteiger partial charge in [-0.15, -0.1) is 0 Å². The Morgan fingerprint density at radius 2 is 1.81 bits per heavy atom. The summed E-state index contributed by atoms with van der Waals surface area (Å²) in [7, 11) is 0. The number of hydrogen-bond acceptors (Lipinski definition) is 6. The van der Waals surface area contributed by atoms with Gasteiger partial charge in [-0.3, -0.25) is 9.59 Å². The van der Waals surface area contributed by atoms with Crippen LogP contribution in [-0.2, 0) is 30.2 Å². The number of hydrogen-bond donors (Lipinski definition) is 1. The fraction of sp³-hybridized carbons (Fsp3) is 0.550. The number of ether oxygens (including phenoxy) is 3. The second-order valence-electron chi connectivity index (χ2n) is 7.05. The quantitative estimate of drug-likeness (QED) is 0.425. The predicted octanol–water partition coefficient (Wildman–Crippen LogP) is 2.97. The van der Waals surface area contributed by atoms with Gasteiger partial charge < -0.3 is 19.5 Å². The molecule has 1 N–H and O–H groups in total. The Balaban J connectivity index is 2.06. The molecule has 1 aromatic rings. The normalized spacial score (nSPS) is 17.6. The average molecular weight is 377 g/mol. The maximum atomic E-state index is 12.2. The van der Waals surface area contributed by atoms with Crippen LogP contribution in [0, 0.1) is 5.92 Å². The predicted molar refractivity (Wildman–Crippen MR) is 97.7 cm³/mol. The van der Waals surface area contributed by atoms with E-state index in [0.717, 1.165) is 18.4 Å². The molecule has 2 rings (SSSR count). The van der Waals surface area contributed by atoms with Gasteiger partial charge in [0, 0.05) is 19.9 Å². The fourth-order valence-electron chi connectivity index (χ4n) is 2.83. The van der Waals surface area contributed by atoms with Crippen LogP contribution in [0.15, 0.2) is 30.3 Å². The molecule has 1 fully saturated rings. The number of unbranched alkanes of at least 4 members (excludes halogenated alkanes) is 1. The van der Waals surface area contributed by atoms with Crippen LogP contribution in [0.3, 0.4) is 0 Å². The lowest BCUT2D eigenvalue weighted by Gasteiger charge is -2.34. The zero-order valence-electron chi connectivity index (χ0n) is 16.0. The molecular weight excluding hydrogens is 350 g/mol. The van der Waals surface area contributed by atoms with E-state index in [1.807, 2.05) is 37.3 Å². The Hall–Kier alpha value is -2.57. The molecule has 148 valence electrons. The summed E-state index contributed by atoms with van der Waals surface area (Å²) < 4.78 is 15.5. The van der Waals surface area contributed by atoms with Crippen molar-refractivity contribution >= 4 is 18.0 Å². The Morgan fingerprint density at radius 3 is 2.41 bits per heavy atom. The topological polar surface area (TPSA) is 90.9 Å². The number of alkyl carbamates (subject to hydrolysis) is 1. The molecule has 1 amide bonds. The first-order valence-corrected chi connectivity index (χ1v) is 9.23. The first-order valence-electron chi connectivity index (χ1n) is 9.23. The Morgan fingerprint density at radius 1 is 1.19 bits per heavy atom. The van der Waals surface area contributed by atoms with Crippen LogP contribution >= 0.6 is 0 Å². The van der Waals surface area contributed by atoms with Crippen LogP contribution in [0.25, 0.3) is 0 Å². The summed E-state index contributed by atoms with van der Waals surface area (Å²) in [5.41, 5.74) is 0.967. The summed E-state index contributed by atoms with van der Waals surface area (Å²) in [6, 6.07) is 9.01. The van der Waals surface area contributed by atoms with E-state index in [0.29, 0.717) is 13.0 Å². The molecule has 0 radical (unpaired) electrons. The molecule has 0 bridgehead atoms. The monoisotopic (exact) mass is 377 g/mol. The molecule has 0 spiro atoms. The van der Waals surface area contributed by atoms with Crippen molar-refractivity contribution in [3.8, 4) is 0 Å². The van der Waals surface area contributed by atoms with E-state index in [4.69, 9.17) is 14.2 Å². The lowest BCUT2D eigenvalue weighted by Crippen LogP contribution is -2.49. The van der Waals surface area contributed by atoms with Gasteiger partial charge in [-0.2, -0.15) is 0 Å². The maximum absolute atomic E-state index is 12.2. The van der Waals surface area contributed by atoms with Crippen LogP contribution < -0.4 is 5.32 Å². The smallest absolute Gasteiger partial charge is 0.407 e. The van der Waals surface area contributed by atoms with E-state index >= 15 is 0 Å². The van der Waals surface area contributed by atoms with Crippen LogP contribution in [0.5, 0.6) is 0 Å². The molecule has 1 aromatic carbocycles.